The summed E-state index contributed by atoms with van der Waals surface area (Å²) in [6, 6.07) is 5.23. The third-order valence-corrected chi connectivity index (χ3v) is 3.87. The van der Waals surface area contributed by atoms with Gasteiger partial charge in [-0.2, -0.15) is 0 Å². The molecule has 3 N–H and O–H groups in total. The van der Waals surface area contributed by atoms with Gasteiger partial charge in [-0.3, -0.25) is 4.79 Å². The zero-order valence-electron chi connectivity index (χ0n) is 11.8. The van der Waals surface area contributed by atoms with E-state index in [0.29, 0.717) is 31.6 Å². The topological polar surface area (TPSA) is 83.6 Å². The van der Waals surface area contributed by atoms with Gasteiger partial charge >= 0.3 is 5.97 Å². The van der Waals surface area contributed by atoms with Crippen LogP contribution in [0.5, 0.6) is 0 Å². The predicted octanol–water partition coefficient (Wildman–Crippen LogP) is 1.25. The van der Waals surface area contributed by atoms with Crippen LogP contribution in [0.4, 0.5) is 0 Å². The number of carboxylic acids is 1. The lowest BCUT2D eigenvalue weighted by atomic mass is 9.89. The smallest absolute Gasteiger partial charge is 0.335 e. The Morgan fingerprint density at radius 2 is 2.10 bits per heavy atom. The molecule has 2 rings (SSSR count). The summed E-state index contributed by atoms with van der Waals surface area (Å²) in [6.45, 7) is 4.96. The molecule has 108 valence electrons. The number of hydrogen-bond donors (Lipinski definition) is 2. The normalized spacial score (nSPS) is 14.8. The van der Waals surface area contributed by atoms with E-state index in [4.69, 9.17) is 5.73 Å². The average molecular weight is 276 g/mol. The molecule has 0 aromatic heterocycles. The highest BCUT2D eigenvalue weighted by molar-refractivity contribution is 5.90. The van der Waals surface area contributed by atoms with Gasteiger partial charge in [-0.25, -0.2) is 4.79 Å². The number of amides is 1. The first kappa shape index (κ1) is 14.5. The van der Waals surface area contributed by atoms with Gasteiger partial charge < -0.3 is 15.7 Å². The van der Waals surface area contributed by atoms with Crippen molar-refractivity contribution in [3.05, 3.63) is 34.9 Å². The Balaban J connectivity index is 2.27. The van der Waals surface area contributed by atoms with Crippen LogP contribution in [0.15, 0.2) is 18.2 Å². The number of carbonyl (C=O) groups is 2. The number of carbonyl (C=O) groups excluding carboxylic acids is 1. The Labute approximate surface area is 118 Å². The van der Waals surface area contributed by atoms with E-state index < -0.39 is 11.4 Å². The number of benzene rings is 1. The van der Waals surface area contributed by atoms with Crippen LogP contribution in [0.1, 0.15) is 35.3 Å². The molecule has 0 bridgehead atoms. The van der Waals surface area contributed by atoms with Crippen LogP contribution in [0, 0.1) is 5.41 Å². The Kier molecular flexibility index (Phi) is 3.81. The fourth-order valence-corrected chi connectivity index (χ4v) is 2.50. The number of fused-ring (bicyclic) bond motifs is 1. The molecule has 20 heavy (non-hydrogen) atoms. The van der Waals surface area contributed by atoms with Gasteiger partial charge in [-0.15, -0.1) is 0 Å². The second-order valence-electron chi connectivity index (χ2n) is 5.81. The molecule has 5 nitrogen and oxygen atoms in total. The second-order valence-corrected chi connectivity index (χ2v) is 5.81. The first-order valence-electron chi connectivity index (χ1n) is 6.70. The van der Waals surface area contributed by atoms with E-state index in [1.165, 1.54) is 0 Å². The van der Waals surface area contributed by atoms with Crippen LogP contribution in [-0.4, -0.2) is 35.0 Å². The lowest BCUT2D eigenvalue weighted by molar-refractivity contribution is -0.140. The van der Waals surface area contributed by atoms with Gasteiger partial charge in [0, 0.05) is 19.6 Å². The maximum Gasteiger partial charge on any atom is 0.335 e. The maximum atomic E-state index is 12.4. The largest absolute Gasteiger partial charge is 0.478 e. The van der Waals surface area contributed by atoms with E-state index >= 15 is 0 Å². The molecule has 5 heteroatoms. The molecule has 0 saturated carbocycles. The van der Waals surface area contributed by atoms with E-state index in [-0.39, 0.29) is 5.91 Å². The quantitative estimate of drug-likeness (QED) is 0.870. The maximum absolute atomic E-state index is 12.4. The lowest BCUT2D eigenvalue weighted by Gasteiger charge is -2.35. The van der Waals surface area contributed by atoms with Gasteiger partial charge in [0.25, 0.3) is 0 Å². The van der Waals surface area contributed by atoms with Gasteiger partial charge in [-0.05, 0) is 37.5 Å². The van der Waals surface area contributed by atoms with Crippen molar-refractivity contribution < 1.29 is 14.7 Å². The summed E-state index contributed by atoms with van der Waals surface area (Å²) in [5.74, 6) is -0.893. The Hall–Kier alpha value is -1.88. The first-order chi connectivity index (χ1) is 9.36. The average Bonchev–Trinajstić information content (AvgIpc) is 2.44. The summed E-state index contributed by atoms with van der Waals surface area (Å²) in [6.07, 6.45) is 0.574. The van der Waals surface area contributed by atoms with Crippen molar-refractivity contribution in [2.45, 2.75) is 26.8 Å². The van der Waals surface area contributed by atoms with Gasteiger partial charge in [0.05, 0.1) is 11.0 Å². The second kappa shape index (κ2) is 5.25. The van der Waals surface area contributed by atoms with Gasteiger partial charge in [-0.1, -0.05) is 12.1 Å². The zero-order valence-corrected chi connectivity index (χ0v) is 11.8. The molecule has 1 aliphatic heterocycles. The first-order valence-corrected chi connectivity index (χ1v) is 6.70. The number of nitrogens with zero attached hydrogens (tertiary/aromatic N) is 1. The molecule has 1 amide bonds. The van der Waals surface area contributed by atoms with Crippen molar-refractivity contribution >= 4 is 11.9 Å². The molecule has 0 unspecified atom stereocenters. The van der Waals surface area contributed by atoms with Gasteiger partial charge in [0.1, 0.15) is 0 Å². The molecule has 0 spiro atoms. The van der Waals surface area contributed by atoms with Crippen LogP contribution in [0.2, 0.25) is 0 Å². The molecule has 1 aromatic carbocycles. The van der Waals surface area contributed by atoms with E-state index in [1.807, 2.05) is 19.9 Å². The number of aromatic carboxylic acids is 1. The number of rotatable bonds is 3. The summed E-state index contributed by atoms with van der Waals surface area (Å²) >= 11 is 0. The SMILES string of the molecule is CC(C)(CN)C(=O)N1CCc2c(cccc2C(=O)O)C1. The molecule has 0 radical (unpaired) electrons. The number of carboxylic acid groups (broad SMARTS) is 1. The minimum atomic E-state index is -0.913. The van der Waals surface area contributed by atoms with Crippen LogP contribution in [0.3, 0.4) is 0 Å². The molecule has 0 aliphatic carbocycles. The minimum absolute atomic E-state index is 0.0198. The minimum Gasteiger partial charge on any atom is -0.478 e. The molecule has 1 heterocycles. The van der Waals surface area contributed by atoms with Crippen LogP contribution < -0.4 is 5.73 Å². The molecule has 1 aliphatic rings. The Morgan fingerprint density at radius 3 is 2.70 bits per heavy atom. The summed E-state index contributed by atoms with van der Waals surface area (Å²) in [5, 5.41) is 9.19. The molecule has 0 fully saturated rings. The van der Waals surface area contributed by atoms with Crippen molar-refractivity contribution in [2.24, 2.45) is 11.1 Å². The highest BCUT2D eigenvalue weighted by Gasteiger charge is 2.33. The van der Waals surface area contributed by atoms with E-state index in [2.05, 4.69) is 0 Å². The van der Waals surface area contributed by atoms with Crippen molar-refractivity contribution in [1.82, 2.24) is 4.90 Å². The third kappa shape index (κ3) is 2.54. The van der Waals surface area contributed by atoms with Crippen LogP contribution >= 0.6 is 0 Å². The van der Waals surface area contributed by atoms with Crippen molar-refractivity contribution in [1.29, 1.82) is 0 Å². The predicted molar refractivity (Wildman–Crippen MR) is 75.4 cm³/mol. The molecular weight excluding hydrogens is 256 g/mol. The molecule has 1 aromatic rings. The van der Waals surface area contributed by atoms with Crippen molar-refractivity contribution in [3.8, 4) is 0 Å². The van der Waals surface area contributed by atoms with Gasteiger partial charge in [0.15, 0.2) is 0 Å². The van der Waals surface area contributed by atoms with Gasteiger partial charge in [0.2, 0.25) is 5.91 Å². The standard InChI is InChI=1S/C15H20N2O3/c1-15(2,9-16)14(20)17-7-6-11-10(8-17)4-3-5-12(11)13(18)19/h3-5H,6-9,16H2,1-2H3,(H,18,19). The highest BCUT2D eigenvalue weighted by Crippen LogP contribution is 2.26. The van der Waals surface area contributed by atoms with Crippen LogP contribution in [0.25, 0.3) is 0 Å². The molecule has 0 saturated heterocycles. The summed E-state index contributed by atoms with van der Waals surface area (Å²) in [5.41, 5.74) is 7.16. The summed E-state index contributed by atoms with van der Waals surface area (Å²) in [7, 11) is 0. The van der Waals surface area contributed by atoms with E-state index in [1.54, 1.807) is 17.0 Å². The van der Waals surface area contributed by atoms with Crippen LogP contribution in [-0.2, 0) is 17.8 Å². The summed E-state index contributed by atoms with van der Waals surface area (Å²) < 4.78 is 0. The fraction of sp³-hybridized carbons (Fsp3) is 0.467. The number of nitrogens with two attached hydrogens (primary N) is 1. The summed E-state index contributed by atoms with van der Waals surface area (Å²) in [4.78, 5) is 25.4. The zero-order chi connectivity index (χ0) is 14.9. The number of hydrogen-bond acceptors (Lipinski definition) is 3. The van der Waals surface area contributed by atoms with Crippen molar-refractivity contribution in [3.63, 3.8) is 0 Å². The Bertz CT molecular complexity index is 552. The van der Waals surface area contributed by atoms with Crippen molar-refractivity contribution in [2.75, 3.05) is 13.1 Å². The lowest BCUT2D eigenvalue weighted by Crippen LogP contribution is -2.46. The monoisotopic (exact) mass is 276 g/mol. The molecule has 0 atom stereocenters. The third-order valence-electron chi connectivity index (χ3n) is 3.87. The molecular formula is C15H20N2O3. The van der Waals surface area contributed by atoms with E-state index in [9.17, 15) is 14.7 Å². The van der Waals surface area contributed by atoms with E-state index in [0.717, 1.165) is 11.1 Å². The Morgan fingerprint density at radius 1 is 1.40 bits per heavy atom. The highest BCUT2D eigenvalue weighted by atomic mass is 16.4. The fourth-order valence-electron chi connectivity index (χ4n) is 2.50.